The number of hydrogen-bond donors (Lipinski definition) is 0. The maximum atomic E-state index is 11.9. The van der Waals surface area contributed by atoms with Gasteiger partial charge in [0, 0.05) is 12.3 Å². The lowest BCUT2D eigenvalue weighted by atomic mass is 9.90. The van der Waals surface area contributed by atoms with Gasteiger partial charge in [-0.15, -0.1) is 11.3 Å². The van der Waals surface area contributed by atoms with Gasteiger partial charge in [0.15, 0.2) is 5.78 Å². The molecule has 0 spiro atoms. The van der Waals surface area contributed by atoms with Crippen LogP contribution in [0.3, 0.4) is 0 Å². The average Bonchev–Trinajstić information content (AvgIpc) is 2.83. The first-order chi connectivity index (χ1) is 9.34. The smallest absolute Gasteiger partial charge is 0.171 e. The van der Waals surface area contributed by atoms with E-state index >= 15 is 0 Å². The molecule has 20 heavy (non-hydrogen) atoms. The van der Waals surface area contributed by atoms with Gasteiger partial charge in [-0.3, -0.25) is 4.79 Å². The van der Waals surface area contributed by atoms with Crippen molar-refractivity contribution in [1.29, 1.82) is 0 Å². The molecular weight excluding hydrogens is 270 g/mol. The molecule has 0 radical (unpaired) electrons. The topological polar surface area (TPSA) is 39.2 Å². The van der Waals surface area contributed by atoms with Gasteiger partial charge in [0.2, 0.25) is 0 Å². The fourth-order valence-corrected chi connectivity index (χ4v) is 3.20. The highest BCUT2D eigenvalue weighted by Crippen LogP contribution is 2.38. The second-order valence-corrected chi connectivity index (χ2v) is 6.70. The summed E-state index contributed by atoms with van der Waals surface area (Å²) in [5.74, 6) is 0.838. The van der Waals surface area contributed by atoms with E-state index in [0.29, 0.717) is 0 Å². The third-order valence-corrected chi connectivity index (χ3v) is 4.18. The van der Waals surface area contributed by atoms with Crippen LogP contribution in [0.1, 0.15) is 43.1 Å². The van der Waals surface area contributed by atoms with Crippen molar-refractivity contribution in [3.63, 3.8) is 0 Å². The van der Waals surface area contributed by atoms with E-state index in [2.05, 4.69) is 20.8 Å². The van der Waals surface area contributed by atoms with Crippen molar-refractivity contribution in [3.8, 4) is 16.3 Å². The quantitative estimate of drug-likeness (QED) is 0.790. The number of carbonyl (C=O) groups excluding carboxylic acids is 1. The Morgan fingerprint density at radius 2 is 1.90 bits per heavy atom. The first-order valence-corrected chi connectivity index (χ1v) is 7.32. The third kappa shape index (κ3) is 2.75. The van der Waals surface area contributed by atoms with Crippen molar-refractivity contribution in [1.82, 2.24) is 4.98 Å². The molecule has 2 rings (SSSR count). The van der Waals surface area contributed by atoms with Crippen LogP contribution in [0, 0.1) is 0 Å². The predicted octanol–water partition coefficient (Wildman–Crippen LogP) is 4.32. The number of aromatic nitrogens is 1. The van der Waals surface area contributed by atoms with Gasteiger partial charge in [0.05, 0.1) is 23.2 Å². The number of benzene rings is 1. The van der Waals surface area contributed by atoms with Crippen LogP contribution in [-0.2, 0) is 5.41 Å². The minimum absolute atomic E-state index is 0.0635. The van der Waals surface area contributed by atoms with Gasteiger partial charge in [-0.05, 0) is 12.1 Å². The number of carbonyl (C=O) groups is 1. The van der Waals surface area contributed by atoms with Crippen molar-refractivity contribution in [3.05, 3.63) is 34.8 Å². The molecule has 2 aromatic rings. The van der Waals surface area contributed by atoms with E-state index in [1.807, 2.05) is 24.3 Å². The Morgan fingerprint density at radius 1 is 1.25 bits per heavy atom. The summed E-state index contributed by atoms with van der Waals surface area (Å²) in [5.41, 5.74) is 1.63. The van der Waals surface area contributed by atoms with Crippen LogP contribution in [0.2, 0.25) is 0 Å². The summed E-state index contributed by atoms with van der Waals surface area (Å²) in [6.45, 7) is 7.80. The number of ether oxygens (including phenoxy) is 1. The molecule has 1 aromatic carbocycles. The van der Waals surface area contributed by atoms with Gasteiger partial charge >= 0.3 is 0 Å². The van der Waals surface area contributed by atoms with E-state index in [9.17, 15) is 4.79 Å². The van der Waals surface area contributed by atoms with E-state index in [-0.39, 0.29) is 11.2 Å². The summed E-state index contributed by atoms with van der Waals surface area (Å²) >= 11 is 1.44. The van der Waals surface area contributed by atoms with Crippen LogP contribution >= 0.6 is 11.3 Å². The highest BCUT2D eigenvalue weighted by molar-refractivity contribution is 7.17. The van der Waals surface area contributed by atoms with E-state index in [4.69, 9.17) is 9.72 Å². The summed E-state index contributed by atoms with van der Waals surface area (Å²) in [6, 6.07) is 7.74. The second-order valence-electron chi connectivity index (χ2n) is 5.70. The molecule has 0 fully saturated rings. The van der Waals surface area contributed by atoms with Crippen LogP contribution < -0.4 is 4.74 Å². The Hall–Kier alpha value is -1.68. The molecule has 0 aliphatic carbocycles. The number of ketones is 1. The first kappa shape index (κ1) is 14.7. The van der Waals surface area contributed by atoms with Crippen molar-refractivity contribution < 1.29 is 9.53 Å². The number of thiazole rings is 1. The molecule has 0 saturated heterocycles. The van der Waals surface area contributed by atoms with Gasteiger partial charge in [0.25, 0.3) is 0 Å². The largest absolute Gasteiger partial charge is 0.496 e. The minimum atomic E-state index is -0.155. The molecule has 0 atom stereocenters. The fourth-order valence-electron chi connectivity index (χ4n) is 2.00. The number of Topliss-reactive ketones (excluding diaryl/α,β-unsaturated/α-hetero) is 1. The number of nitrogens with zero attached hydrogens (tertiary/aromatic N) is 1. The zero-order valence-electron chi connectivity index (χ0n) is 12.5. The van der Waals surface area contributed by atoms with E-state index in [1.165, 1.54) is 11.3 Å². The molecule has 3 nitrogen and oxygen atoms in total. The molecule has 0 saturated carbocycles. The number of methoxy groups -OCH3 is 1. The average molecular weight is 289 g/mol. The summed E-state index contributed by atoms with van der Waals surface area (Å²) < 4.78 is 5.38. The molecule has 0 bridgehead atoms. The SMILES string of the molecule is COc1ccccc1-c1nc(C(C)(C)C)c(C(C)=O)s1. The summed E-state index contributed by atoms with van der Waals surface area (Å²) in [7, 11) is 1.64. The zero-order valence-corrected chi connectivity index (χ0v) is 13.3. The highest BCUT2D eigenvalue weighted by atomic mass is 32.1. The standard InChI is InChI=1S/C16H19NO2S/c1-10(18)13-14(16(2,3)4)17-15(20-13)11-8-6-7-9-12(11)19-5/h6-9H,1-5H3. The summed E-state index contributed by atoms with van der Waals surface area (Å²) in [6.07, 6.45) is 0. The van der Waals surface area contributed by atoms with E-state index in [1.54, 1.807) is 14.0 Å². The summed E-state index contributed by atoms with van der Waals surface area (Å²) in [4.78, 5) is 17.3. The number of hydrogen-bond acceptors (Lipinski definition) is 4. The Bertz CT molecular complexity index is 638. The Balaban J connectivity index is 2.62. The Labute approximate surface area is 123 Å². The van der Waals surface area contributed by atoms with Crippen LogP contribution in [0.25, 0.3) is 10.6 Å². The van der Waals surface area contributed by atoms with E-state index < -0.39 is 0 Å². The first-order valence-electron chi connectivity index (χ1n) is 6.50. The van der Waals surface area contributed by atoms with E-state index in [0.717, 1.165) is 26.9 Å². The minimum Gasteiger partial charge on any atom is -0.496 e. The van der Waals surface area contributed by atoms with Crippen molar-refractivity contribution in [2.75, 3.05) is 7.11 Å². The molecule has 4 heteroatoms. The van der Waals surface area contributed by atoms with Crippen molar-refractivity contribution in [2.24, 2.45) is 0 Å². The van der Waals surface area contributed by atoms with Crippen LogP contribution in [0.4, 0.5) is 0 Å². The molecule has 106 valence electrons. The third-order valence-electron chi connectivity index (χ3n) is 2.99. The van der Waals surface area contributed by atoms with Crippen molar-refractivity contribution in [2.45, 2.75) is 33.1 Å². The number of rotatable bonds is 3. The molecule has 0 N–H and O–H groups in total. The normalized spacial score (nSPS) is 11.4. The lowest BCUT2D eigenvalue weighted by Gasteiger charge is -2.16. The molecule has 0 amide bonds. The van der Waals surface area contributed by atoms with Crippen LogP contribution in [-0.4, -0.2) is 17.9 Å². The molecule has 1 heterocycles. The van der Waals surface area contributed by atoms with Crippen molar-refractivity contribution >= 4 is 17.1 Å². The van der Waals surface area contributed by atoms with Gasteiger partial charge in [0.1, 0.15) is 10.8 Å². The molecule has 0 unspecified atom stereocenters. The molecule has 0 aliphatic heterocycles. The maximum Gasteiger partial charge on any atom is 0.171 e. The maximum absolute atomic E-state index is 11.9. The Morgan fingerprint density at radius 3 is 2.40 bits per heavy atom. The lowest BCUT2D eigenvalue weighted by molar-refractivity contribution is 0.101. The second kappa shape index (κ2) is 5.37. The Kier molecular flexibility index (Phi) is 3.95. The summed E-state index contributed by atoms with van der Waals surface area (Å²) in [5, 5.41) is 0.831. The predicted molar refractivity (Wildman–Crippen MR) is 82.8 cm³/mol. The highest BCUT2D eigenvalue weighted by Gasteiger charge is 2.26. The molecular formula is C16H19NO2S. The number of para-hydroxylation sites is 1. The molecule has 0 aliphatic rings. The van der Waals surface area contributed by atoms with Gasteiger partial charge in [-0.2, -0.15) is 0 Å². The van der Waals surface area contributed by atoms with Gasteiger partial charge in [-0.25, -0.2) is 4.98 Å². The van der Waals surface area contributed by atoms with Gasteiger partial charge in [-0.1, -0.05) is 32.9 Å². The lowest BCUT2D eigenvalue weighted by Crippen LogP contribution is -2.15. The molecule has 1 aromatic heterocycles. The van der Waals surface area contributed by atoms with Crippen LogP contribution in [0.5, 0.6) is 5.75 Å². The fraction of sp³-hybridized carbons (Fsp3) is 0.375. The monoisotopic (exact) mass is 289 g/mol. The van der Waals surface area contributed by atoms with Gasteiger partial charge < -0.3 is 4.74 Å². The van der Waals surface area contributed by atoms with Crippen LogP contribution in [0.15, 0.2) is 24.3 Å². The zero-order chi connectivity index (χ0) is 14.9.